The first-order chi connectivity index (χ1) is 10.4. The van der Waals surface area contributed by atoms with Crippen LogP contribution in [0.2, 0.25) is 0 Å². The standard InChI is InChI=1S/C15H11F3N2OS.K.H/c1-2-11(21)12-8-10-13(15(16,17)18)19-20(14(10)22-12)9-6-4-3-5-7-9;;/h3-8H,2H2,1H3;;/q;+1;-1. The Morgan fingerprint density at radius 2 is 1.96 bits per heavy atom. The van der Waals surface area contributed by atoms with Gasteiger partial charge in [-0.15, -0.1) is 11.3 Å². The molecule has 2 aromatic heterocycles. The van der Waals surface area contributed by atoms with Crippen LogP contribution in [0.25, 0.3) is 15.9 Å². The molecule has 0 atom stereocenters. The number of rotatable bonds is 3. The van der Waals surface area contributed by atoms with Crippen molar-refractivity contribution in [2.75, 3.05) is 0 Å². The van der Waals surface area contributed by atoms with Gasteiger partial charge in [0.05, 0.1) is 10.6 Å². The van der Waals surface area contributed by atoms with Crippen LogP contribution < -0.4 is 51.4 Å². The van der Waals surface area contributed by atoms with Gasteiger partial charge in [-0.05, 0) is 18.2 Å². The summed E-state index contributed by atoms with van der Waals surface area (Å²) in [7, 11) is 0. The van der Waals surface area contributed by atoms with Gasteiger partial charge in [0.15, 0.2) is 11.5 Å². The summed E-state index contributed by atoms with van der Waals surface area (Å²) in [6.45, 7) is 1.68. The SMILES string of the molecule is CCC(=O)c1cc2c(C(F)(F)F)nn(-c3ccccc3)c2s1.[H-].[K+]. The second kappa shape index (κ2) is 7.16. The minimum absolute atomic E-state index is 0. The van der Waals surface area contributed by atoms with E-state index in [4.69, 9.17) is 0 Å². The number of hydrogen-bond acceptors (Lipinski definition) is 3. The Balaban J connectivity index is 0.00000144. The Morgan fingerprint density at radius 1 is 1.30 bits per heavy atom. The van der Waals surface area contributed by atoms with Crippen molar-refractivity contribution in [3.63, 3.8) is 0 Å². The van der Waals surface area contributed by atoms with Crippen LogP contribution in [0.1, 0.15) is 30.1 Å². The minimum Gasteiger partial charge on any atom is -1.00 e. The number of benzene rings is 1. The molecule has 3 aromatic rings. The van der Waals surface area contributed by atoms with Crippen molar-refractivity contribution in [2.24, 2.45) is 0 Å². The topological polar surface area (TPSA) is 34.9 Å². The Hall–Kier alpha value is -0.514. The Bertz CT molecular complexity index is 846. The number of thiophene rings is 1. The van der Waals surface area contributed by atoms with Gasteiger partial charge in [-0.3, -0.25) is 4.79 Å². The third kappa shape index (κ3) is 3.62. The molecule has 116 valence electrons. The molecule has 0 fully saturated rings. The zero-order valence-electron chi connectivity index (χ0n) is 13.5. The maximum absolute atomic E-state index is 13.2. The minimum atomic E-state index is -4.56. The largest absolute Gasteiger partial charge is 1.00 e. The normalized spacial score (nSPS) is 11.5. The molecular formula is C15H12F3KN2OS. The number of alkyl halides is 3. The number of carbonyl (C=O) groups excluding carboxylic acids is 1. The summed E-state index contributed by atoms with van der Waals surface area (Å²) in [5, 5.41) is 3.68. The molecular weight excluding hydrogens is 352 g/mol. The van der Waals surface area contributed by atoms with Crippen molar-refractivity contribution in [3.05, 3.63) is 47.0 Å². The average Bonchev–Trinajstić information content (AvgIpc) is 3.05. The molecule has 0 aliphatic carbocycles. The summed E-state index contributed by atoms with van der Waals surface area (Å²) in [4.78, 5) is 12.4. The van der Waals surface area contributed by atoms with Gasteiger partial charge in [0, 0.05) is 11.8 Å². The van der Waals surface area contributed by atoms with Crippen LogP contribution in [-0.2, 0) is 6.18 Å². The second-order valence-corrected chi connectivity index (χ2v) is 5.73. The number of hydrogen-bond donors (Lipinski definition) is 0. The maximum atomic E-state index is 13.2. The molecule has 0 N–H and O–H groups in total. The van der Waals surface area contributed by atoms with Crippen LogP contribution in [0, 0.1) is 0 Å². The monoisotopic (exact) mass is 364 g/mol. The zero-order chi connectivity index (χ0) is 15.9. The van der Waals surface area contributed by atoms with E-state index in [2.05, 4.69) is 5.10 Å². The van der Waals surface area contributed by atoms with E-state index in [1.54, 1.807) is 37.3 Å². The number of nitrogens with zero attached hydrogens (tertiary/aromatic N) is 2. The van der Waals surface area contributed by atoms with Crippen molar-refractivity contribution >= 4 is 27.3 Å². The molecule has 1 aromatic carbocycles. The van der Waals surface area contributed by atoms with Crippen molar-refractivity contribution in [1.82, 2.24) is 9.78 Å². The number of ketones is 1. The predicted octanol–water partition coefficient (Wildman–Crippen LogP) is 1.81. The van der Waals surface area contributed by atoms with E-state index in [0.717, 1.165) is 11.3 Å². The first kappa shape index (κ1) is 18.8. The van der Waals surface area contributed by atoms with E-state index in [9.17, 15) is 18.0 Å². The summed E-state index contributed by atoms with van der Waals surface area (Å²) < 4.78 is 40.8. The first-order valence-electron chi connectivity index (χ1n) is 6.60. The fourth-order valence-corrected chi connectivity index (χ4v) is 3.31. The van der Waals surface area contributed by atoms with Gasteiger partial charge in [-0.25, -0.2) is 4.68 Å². The number of fused-ring (bicyclic) bond motifs is 1. The molecule has 0 spiro atoms. The van der Waals surface area contributed by atoms with Crippen LogP contribution in [-0.4, -0.2) is 15.6 Å². The molecule has 0 unspecified atom stereocenters. The quantitative estimate of drug-likeness (QED) is 0.525. The predicted molar refractivity (Wildman–Crippen MR) is 79.7 cm³/mol. The van der Waals surface area contributed by atoms with E-state index >= 15 is 0 Å². The molecule has 0 saturated heterocycles. The summed E-state index contributed by atoms with van der Waals surface area (Å²) in [6.07, 6.45) is -4.31. The van der Waals surface area contributed by atoms with Gasteiger partial charge in [0.2, 0.25) is 0 Å². The molecule has 0 saturated carbocycles. The van der Waals surface area contributed by atoms with Crippen LogP contribution in [0.4, 0.5) is 13.2 Å². The van der Waals surface area contributed by atoms with Gasteiger partial charge in [0.1, 0.15) is 4.83 Å². The molecule has 0 radical (unpaired) electrons. The molecule has 8 heteroatoms. The molecule has 0 amide bonds. The fourth-order valence-electron chi connectivity index (χ4n) is 2.17. The van der Waals surface area contributed by atoms with Crippen LogP contribution >= 0.6 is 11.3 Å². The first-order valence-corrected chi connectivity index (χ1v) is 7.42. The third-order valence-corrected chi connectivity index (χ3v) is 4.38. The summed E-state index contributed by atoms with van der Waals surface area (Å²) >= 11 is 1.04. The molecule has 23 heavy (non-hydrogen) atoms. The summed E-state index contributed by atoms with van der Waals surface area (Å²) in [6, 6.07) is 9.86. The van der Waals surface area contributed by atoms with Gasteiger partial charge >= 0.3 is 57.6 Å². The maximum Gasteiger partial charge on any atom is 1.00 e. The van der Waals surface area contributed by atoms with Crippen molar-refractivity contribution in [1.29, 1.82) is 0 Å². The molecule has 0 bridgehead atoms. The average molecular weight is 364 g/mol. The smallest absolute Gasteiger partial charge is 1.00 e. The Labute approximate surface area is 178 Å². The van der Waals surface area contributed by atoms with E-state index in [1.807, 2.05) is 0 Å². The number of halogens is 3. The fraction of sp³-hybridized carbons (Fsp3) is 0.200. The van der Waals surface area contributed by atoms with Gasteiger partial charge in [-0.2, -0.15) is 18.3 Å². The summed E-state index contributed by atoms with van der Waals surface area (Å²) in [5.74, 6) is -0.172. The van der Waals surface area contributed by atoms with Crippen LogP contribution in [0.5, 0.6) is 0 Å². The van der Waals surface area contributed by atoms with Gasteiger partial charge in [-0.1, -0.05) is 25.1 Å². The van der Waals surface area contributed by atoms with E-state index in [-0.39, 0.29) is 70.4 Å². The van der Waals surface area contributed by atoms with Crippen molar-refractivity contribution < 1.29 is 70.8 Å². The molecule has 3 nitrogen and oxygen atoms in total. The number of para-hydroxylation sites is 1. The van der Waals surface area contributed by atoms with Crippen molar-refractivity contribution in [3.8, 4) is 5.69 Å². The molecule has 3 rings (SSSR count). The number of aromatic nitrogens is 2. The van der Waals surface area contributed by atoms with Crippen LogP contribution in [0.3, 0.4) is 0 Å². The molecule has 0 aliphatic rings. The Morgan fingerprint density at radius 3 is 2.52 bits per heavy atom. The zero-order valence-corrected chi connectivity index (χ0v) is 16.5. The van der Waals surface area contributed by atoms with E-state index in [0.29, 0.717) is 15.4 Å². The summed E-state index contributed by atoms with van der Waals surface area (Å²) in [5.41, 5.74) is -0.432. The molecule has 0 aliphatic heterocycles. The van der Waals surface area contributed by atoms with E-state index < -0.39 is 11.9 Å². The molecule has 2 heterocycles. The number of carbonyl (C=O) groups is 1. The van der Waals surface area contributed by atoms with E-state index in [1.165, 1.54) is 10.7 Å². The number of Topliss-reactive ketones (excluding diaryl/α,β-unsaturated/α-hetero) is 1. The third-order valence-electron chi connectivity index (χ3n) is 3.23. The second-order valence-electron chi connectivity index (χ2n) is 4.70. The van der Waals surface area contributed by atoms with Gasteiger partial charge < -0.3 is 1.43 Å². The van der Waals surface area contributed by atoms with Crippen molar-refractivity contribution in [2.45, 2.75) is 19.5 Å². The van der Waals surface area contributed by atoms with Crippen LogP contribution in [0.15, 0.2) is 36.4 Å². The Kier molecular flexibility index (Phi) is 5.86. The van der Waals surface area contributed by atoms with Gasteiger partial charge in [0.25, 0.3) is 0 Å².